The number of para-hydroxylation sites is 1. The quantitative estimate of drug-likeness (QED) is 0.125. The van der Waals surface area contributed by atoms with Crippen molar-refractivity contribution in [2.45, 2.75) is 32.7 Å². The van der Waals surface area contributed by atoms with E-state index in [4.69, 9.17) is 21.1 Å². The van der Waals surface area contributed by atoms with Gasteiger partial charge in [0.1, 0.15) is 15.5 Å². The van der Waals surface area contributed by atoms with E-state index in [1.807, 2.05) is 6.07 Å². The van der Waals surface area contributed by atoms with E-state index in [9.17, 15) is 30.8 Å². The second-order valence-electron chi connectivity index (χ2n) is 13.2. The monoisotopic (exact) mass is 912 g/mol. The average Bonchev–Trinajstić information content (AvgIpc) is 3.95. The van der Waals surface area contributed by atoms with Crippen LogP contribution < -0.4 is 20.1 Å². The number of carbonyl (C=O) groups excluding carboxylic acids is 2. The van der Waals surface area contributed by atoms with Crippen LogP contribution >= 0.6 is 22.9 Å². The second-order valence-corrected chi connectivity index (χ2v) is 18.6. The lowest BCUT2D eigenvalue weighted by atomic mass is 10.2. The molecule has 4 heterocycles. The molecule has 0 saturated heterocycles. The summed E-state index contributed by atoms with van der Waals surface area (Å²) in [5.74, 6) is -0.914. The average molecular weight is 913 g/mol. The molecule has 4 aromatic heterocycles. The third kappa shape index (κ3) is 9.42. The number of halogens is 2. The Kier molecular flexibility index (Phi) is 12.9. The molecule has 0 aliphatic rings. The van der Waals surface area contributed by atoms with Gasteiger partial charge in [-0.2, -0.15) is 0 Å². The summed E-state index contributed by atoms with van der Waals surface area (Å²) in [6.07, 6.45) is 9.77. The summed E-state index contributed by atoms with van der Waals surface area (Å²) in [5.41, 5.74) is 1.85. The van der Waals surface area contributed by atoms with Gasteiger partial charge in [0.25, 0.3) is 11.8 Å². The summed E-state index contributed by atoms with van der Waals surface area (Å²) in [4.78, 5) is 37.5. The predicted octanol–water partition coefficient (Wildman–Crippen LogP) is 7.36. The Hall–Kier alpha value is -6.73. The summed E-state index contributed by atoms with van der Waals surface area (Å²) in [6.45, 7) is 0.459. The van der Waals surface area contributed by atoms with Gasteiger partial charge in [-0.05, 0) is 77.2 Å². The van der Waals surface area contributed by atoms with E-state index < -0.39 is 25.5 Å². The summed E-state index contributed by atoms with van der Waals surface area (Å²) >= 11 is 7.27. The highest BCUT2D eigenvalue weighted by Crippen LogP contribution is 2.33. The Balaban J connectivity index is 0.000000186. The summed E-state index contributed by atoms with van der Waals surface area (Å²) in [7, 11) is -5.16. The largest absolute Gasteiger partial charge is 0.495 e. The molecular formula is C43H34ClFN6O8S3. The molecule has 19 heteroatoms. The number of rotatable bonds is 12. The fraction of sp³-hybridized carbons (Fsp3) is 0.0930. The van der Waals surface area contributed by atoms with Gasteiger partial charge in [-0.3, -0.25) is 19.0 Å². The van der Waals surface area contributed by atoms with Crippen LogP contribution in [-0.2, 0) is 32.8 Å². The molecule has 0 spiro atoms. The molecular weight excluding hydrogens is 879 g/mol. The second kappa shape index (κ2) is 18.5. The van der Waals surface area contributed by atoms with Gasteiger partial charge in [-0.25, -0.2) is 31.2 Å². The smallest absolute Gasteiger partial charge is 0.261 e. The van der Waals surface area contributed by atoms with Crippen molar-refractivity contribution in [1.29, 1.82) is 0 Å². The van der Waals surface area contributed by atoms with Crippen LogP contribution in [0.25, 0.3) is 15.9 Å². The van der Waals surface area contributed by atoms with Crippen molar-refractivity contribution < 1.29 is 40.3 Å². The van der Waals surface area contributed by atoms with Gasteiger partial charge in [-0.1, -0.05) is 41.9 Å². The lowest BCUT2D eigenvalue weighted by Gasteiger charge is -2.11. The summed E-state index contributed by atoms with van der Waals surface area (Å²) in [6, 6.07) is 24.1. The maximum absolute atomic E-state index is 13.9. The number of carbonyl (C=O) groups is 2. The topological polar surface area (TPSA) is 188 Å². The lowest BCUT2D eigenvalue weighted by Crippen LogP contribution is -2.23. The van der Waals surface area contributed by atoms with E-state index in [1.54, 1.807) is 65.7 Å². The van der Waals surface area contributed by atoms with E-state index in [-0.39, 0.29) is 56.0 Å². The number of pyridine rings is 1. The van der Waals surface area contributed by atoms with E-state index >= 15 is 0 Å². The molecule has 62 heavy (non-hydrogen) atoms. The van der Waals surface area contributed by atoms with E-state index in [0.29, 0.717) is 21.2 Å². The van der Waals surface area contributed by atoms with Gasteiger partial charge in [0.2, 0.25) is 25.5 Å². The molecule has 0 aliphatic carbocycles. The van der Waals surface area contributed by atoms with Crippen LogP contribution in [0.2, 0.25) is 5.02 Å². The van der Waals surface area contributed by atoms with Crippen molar-refractivity contribution >= 4 is 70.3 Å². The van der Waals surface area contributed by atoms with Crippen LogP contribution in [0.4, 0.5) is 4.39 Å². The van der Waals surface area contributed by atoms with Gasteiger partial charge in [0.15, 0.2) is 11.6 Å². The molecule has 0 bridgehead atoms. The highest BCUT2D eigenvalue weighted by Gasteiger charge is 2.25. The van der Waals surface area contributed by atoms with Crippen molar-refractivity contribution in [3.05, 3.63) is 167 Å². The number of hydrogen-bond donors (Lipinski definition) is 2. The first kappa shape index (κ1) is 43.4. The Labute approximate surface area is 363 Å². The van der Waals surface area contributed by atoms with Crippen LogP contribution in [0.5, 0.6) is 11.5 Å². The molecule has 4 aromatic carbocycles. The zero-order valence-corrected chi connectivity index (χ0v) is 35.9. The van der Waals surface area contributed by atoms with Gasteiger partial charge >= 0.3 is 0 Å². The Morgan fingerprint density at radius 3 is 2.06 bits per heavy atom. The van der Waals surface area contributed by atoms with Gasteiger partial charge in [0.05, 0.1) is 39.2 Å². The van der Waals surface area contributed by atoms with Gasteiger partial charge in [-0.15, -0.1) is 11.3 Å². The van der Waals surface area contributed by atoms with Crippen molar-refractivity contribution in [2.24, 2.45) is 0 Å². The third-order valence-electron chi connectivity index (χ3n) is 9.27. The van der Waals surface area contributed by atoms with Crippen LogP contribution in [-0.4, -0.2) is 62.2 Å². The molecule has 0 saturated carbocycles. The first-order chi connectivity index (χ1) is 29.8. The minimum Gasteiger partial charge on any atom is -0.495 e. The molecule has 0 unspecified atom stereocenters. The van der Waals surface area contributed by atoms with E-state index in [2.05, 4.69) is 25.6 Å². The zero-order chi connectivity index (χ0) is 44.0. The lowest BCUT2D eigenvalue weighted by molar-refractivity contribution is 0.0944. The zero-order valence-electron chi connectivity index (χ0n) is 32.7. The number of sulfone groups is 2. The normalized spacial score (nSPS) is 11.4. The number of amides is 2. The predicted molar refractivity (Wildman–Crippen MR) is 230 cm³/mol. The Morgan fingerprint density at radius 1 is 0.758 bits per heavy atom. The molecule has 8 rings (SSSR count). The van der Waals surface area contributed by atoms with Crippen molar-refractivity contribution in [3.63, 3.8) is 0 Å². The van der Waals surface area contributed by atoms with Crippen molar-refractivity contribution in [2.75, 3.05) is 14.2 Å². The fourth-order valence-electron chi connectivity index (χ4n) is 6.07. The molecule has 0 fully saturated rings. The Morgan fingerprint density at radius 2 is 1.42 bits per heavy atom. The molecule has 14 nitrogen and oxygen atoms in total. The molecule has 2 amide bonds. The number of ether oxygens (including phenoxy) is 2. The van der Waals surface area contributed by atoms with Crippen LogP contribution in [0.1, 0.15) is 31.2 Å². The first-order valence-corrected chi connectivity index (χ1v) is 22.5. The number of thiophene rings is 1. The highest BCUT2D eigenvalue weighted by molar-refractivity contribution is 7.92. The van der Waals surface area contributed by atoms with E-state index in [1.165, 1.54) is 86.4 Å². The number of fused-ring (bicyclic) bond motifs is 2. The van der Waals surface area contributed by atoms with Crippen LogP contribution in [0, 0.1) is 5.82 Å². The minimum atomic E-state index is -3.97. The number of imidazole rings is 1. The maximum Gasteiger partial charge on any atom is 0.261 e. The van der Waals surface area contributed by atoms with E-state index in [0.717, 1.165) is 27.3 Å². The van der Waals surface area contributed by atoms with Gasteiger partial charge < -0.3 is 20.1 Å². The molecule has 8 aromatic rings. The van der Waals surface area contributed by atoms with Crippen molar-refractivity contribution in [1.82, 2.24) is 30.0 Å². The number of benzene rings is 4. The summed E-state index contributed by atoms with van der Waals surface area (Å²) < 4.78 is 78.3. The standard InChI is InChI=1S/C22H17FN2O4S2.C21H17ClN4O4S/c1-29-21-17(23)3-2-4-20(21)31(27,28)16-7-5-14(6-8-16)12-25-22(26)18-11-15-9-10-24-13-19(15)30-18;1-30-18-10-16(22)4-7-19(18)31(28,29)17-5-2-14(3-6-17)11-24-20(27)15-12-25-21-23-8-9-26(21)13-15/h2-11,13H,12H2,1H3,(H,25,26);2-10,12-13H,11H2,1H3,(H,24,27). The number of methoxy groups -OCH3 is 2. The number of hydrogen-bond acceptors (Lipinski definition) is 12. The number of nitrogens with zero attached hydrogens (tertiary/aromatic N) is 4. The molecule has 0 aliphatic heterocycles. The van der Waals surface area contributed by atoms with Crippen LogP contribution in [0.3, 0.4) is 0 Å². The maximum atomic E-state index is 13.9. The SMILES string of the molecule is COc1c(F)cccc1S(=O)(=O)c1ccc(CNC(=O)c2cc3ccncc3s2)cc1.COc1cc(Cl)ccc1S(=O)(=O)c1ccc(CNC(=O)c2cnc3nccn3c2)cc1. The van der Waals surface area contributed by atoms with Gasteiger partial charge in [0, 0.05) is 61.4 Å². The Bertz CT molecular complexity index is 3130. The molecule has 2 N–H and O–H groups in total. The summed E-state index contributed by atoms with van der Waals surface area (Å²) in [5, 5.41) is 6.94. The third-order valence-corrected chi connectivity index (χ3v) is 14.2. The van der Waals surface area contributed by atoms with Crippen LogP contribution in [0.15, 0.2) is 154 Å². The minimum absolute atomic E-state index is 0.00322. The highest BCUT2D eigenvalue weighted by atomic mass is 35.5. The first-order valence-electron chi connectivity index (χ1n) is 18.3. The number of nitrogens with one attached hydrogen (secondary N) is 2. The van der Waals surface area contributed by atoms with Crippen molar-refractivity contribution in [3.8, 4) is 11.5 Å². The number of aromatic nitrogens is 4. The molecule has 0 atom stereocenters. The fourth-order valence-corrected chi connectivity index (χ4v) is 10.0. The molecule has 316 valence electrons. The molecule has 0 radical (unpaired) electrons.